The molecule has 0 spiro atoms. The molecule has 0 saturated carbocycles. The molecule has 0 fully saturated rings. The molecule has 0 bridgehead atoms. The number of unbranched alkanes of at least 4 members (excludes halogenated alkanes) is 4. The molecule has 0 saturated heterocycles. The first-order valence-electron chi connectivity index (χ1n) is 10.8. The summed E-state index contributed by atoms with van der Waals surface area (Å²) in [4.78, 5) is 49.1. The number of hydrogen-bond donors (Lipinski definition) is 4. The Kier molecular flexibility index (Phi) is 12.4. The van der Waals surface area contributed by atoms with E-state index < -0.39 is 30.0 Å². The lowest BCUT2D eigenvalue weighted by Gasteiger charge is -2.25. The molecule has 32 heavy (non-hydrogen) atoms. The fourth-order valence-electron chi connectivity index (χ4n) is 3.14. The highest BCUT2D eigenvalue weighted by atomic mass is 79.9. The number of nitrogens with two attached hydrogens (primary N) is 1. The minimum atomic E-state index is -1.17. The maximum absolute atomic E-state index is 12.7. The molecule has 1 aromatic carbocycles. The Morgan fingerprint density at radius 3 is 2.25 bits per heavy atom. The van der Waals surface area contributed by atoms with Crippen LogP contribution in [0.4, 0.5) is 10.5 Å². The summed E-state index contributed by atoms with van der Waals surface area (Å²) in [5, 5.41) is 14.8. The maximum Gasteiger partial charge on any atom is 0.411 e. The normalized spacial score (nSPS) is 12.5. The minimum Gasteiger partial charge on any atom is -0.465 e. The molecule has 0 aliphatic rings. The molecular formula is C22H33BrN4O5. The van der Waals surface area contributed by atoms with Crippen molar-refractivity contribution in [2.45, 2.75) is 70.9 Å². The summed E-state index contributed by atoms with van der Waals surface area (Å²) in [6.45, 7) is 3.73. The number of amides is 4. The molecular weight excluding hydrogens is 480 g/mol. The number of primary amides is 1. The Balaban J connectivity index is 2.68. The first kappa shape index (κ1) is 27.4. The number of carbonyl (C=O) groups excluding carboxylic acids is 3. The molecule has 0 aliphatic heterocycles. The van der Waals surface area contributed by atoms with Crippen molar-refractivity contribution in [2.24, 2.45) is 5.73 Å². The first-order chi connectivity index (χ1) is 15.1. The van der Waals surface area contributed by atoms with Gasteiger partial charge in [-0.3, -0.25) is 19.3 Å². The van der Waals surface area contributed by atoms with Crippen LogP contribution in [0.1, 0.15) is 58.8 Å². The average Bonchev–Trinajstić information content (AvgIpc) is 2.71. The predicted octanol–water partition coefficient (Wildman–Crippen LogP) is 3.16. The summed E-state index contributed by atoms with van der Waals surface area (Å²) in [5.74, 6) is -1.63. The summed E-state index contributed by atoms with van der Waals surface area (Å²) in [5.41, 5.74) is 5.69. The van der Waals surface area contributed by atoms with Gasteiger partial charge in [-0.1, -0.05) is 48.5 Å². The van der Waals surface area contributed by atoms with Crippen LogP contribution in [0.25, 0.3) is 0 Å². The molecule has 2 atom stereocenters. The van der Waals surface area contributed by atoms with Gasteiger partial charge in [0.2, 0.25) is 17.7 Å². The van der Waals surface area contributed by atoms with E-state index in [0.717, 1.165) is 35.1 Å². The van der Waals surface area contributed by atoms with Crippen molar-refractivity contribution in [3.8, 4) is 0 Å². The van der Waals surface area contributed by atoms with Gasteiger partial charge in [-0.2, -0.15) is 0 Å². The van der Waals surface area contributed by atoms with Gasteiger partial charge in [0.1, 0.15) is 6.04 Å². The van der Waals surface area contributed by atoms with Crippen molar-refractivity contribution in [3.63, 3.8) is 0 Å². The van der Waals surface area contributed by atoms with Crippen LogP contribution in [0.3, 0.4) is 0 Å². The Bertz CT molecular complexity index is 772. The van der Waals surface area contributed by atoms with Crippen LogP contribution in [0.2, 0.25) is 0 Å². The van der Waals surface area contributed by atoms with E-state index in [4.69, 9.17) is 5.73 Å². The largest absolute Gasteiger partial charge is 0.465 e. The number of rotatable bonds is 14. The van der Waals surface area contributed by atoms with E-state index in [1.54, 1.807) is 31.2 Å². The van der Waals surface area contributed by atoms with Crippen LogP contribution in [-0.2, 0) is 14.4 Å². The average molecular weight is 513 g/mol. The maximum atomic E-state index is 12.7. The summed E-state index contributed by atoms with van der Waals surface area (Å²) < 4.78 is 0.809. The number of carbonyl (C=O) groups is 4. The third kappa shape index (κ3) is 10.6. The number of anilines is 1. The number of hydrogen-bond acceptors (Lipinski definition) is 4. The number of benzene rings is 1. The van der Waals surface area contributed by atoms with Gasteiger partial charge in [0, 0.05) is 29.2 Å². The van der Waals surface area contributed by atoms with E-state index in [1.165, 1.54) is 0 Å². The molecule has 1 rings (SSSR count). The van der Waals surface area contributed by atoms with Crippen molar-refractivity contribution >= 4 is 45.4 Å². The molecule has 0 unspecified atom stereocenters. The fraction of sp³-hybridized carbons (Fsp3) is 0.545. The fourth-order valence-corrected chi connectivity index (χ4v) is 3.41. The monoisotopic (exact) mass is 512 g/mol. The van der Waals surface area contributed by atoms with Gasteiger partial charge in [0.05, 0.1) is 6.42 Å². The molecule has 1 aromatic rings. The standard InChI is InChI=1S/C22H33BrN4O5/c1-3-4-5-6-7-8-20(29)26-18(13-19(24)28)21(30)25-15(2)14-27(22(31)32)17-11-9-16(23)10-12-17/h9-12,15,18H,3-8,13-14H2,1-2H3,(H2,24,28)(H,25,30)(H,26,29)(H,31,32)/t15-,18+/m0/s1. The Morgan fingerprint density at radius 1 is 1.06 bits per heavy atom. The van der Waals surface area contributed by atoms with E-state index in [1.807, 2.05) is 0 Å². The highest BCUT2D eigenvalue weighted by molar-refractivity contribution is 9.10. The van der Waals surface area contributed by atoms with Gasteiger partial charge in [0.15, 0.2) is 0 Å². The molecule has 9 nitrogen and oxygen atoms in total. The number of halogens is 1. The van der Waals surface area contributed by atoms with Gasteiger partial charge >= 0.3 is 6.09 Å². The van der Waals surface area contributed by atoms with E-state index in [2.05, 4.69) is 33.5 Å². The Hall–Kier alpha value is -2.62. The summed E-state index contributed by atoms with van der Waals surface area (Å²) in [7, 11) is 0. The second-order valence-electron chi connectivity index (χ2n) is 7.73. The molecule has 0 radical (unpaired) electrons. The van der Waals surface area contributed by atoms with Crippen LogP contribution >= 0.6 is 15.9 Å². The van der Waals surface area contributed by atoms with Gasteiger partial charge in [0.25, 0.3) is 0 Å². The molecule has 5 N–H and O–H groups in total. The van der Waals surface area contributed by atoms with Crippen LogP contribution in [0.5, 0.6) is 0 Å². The summed E-state index contributed by atoms with van der Waals surface area (Å²) in [6.07, 6.45) is 3.64. The smallest absolute Gasteiger partial charge is 0.411 e. The van der Waals surface area contributed by atoms with Crippen molar-refractivity contribution in [2.75, 3.05) is 11.4 Å². The predicted molar refractivity (Wildman–Crippen MR) is 126 cm³/mol. The second kappa shape index (κ2) is 14.4. The number of nitrogens with one attached hydrogen (secondary N) is 2. The van der Waals surface area contributed by atoms with Gasteiger partial charge in [-0.15, -0.1) is 0 Å². The Labute approximate surface area is 197 Å². The summed E-state index contributed by atoms with van der Waals surface area (Å²) >= 11 is 3.30. The lowest BCUT2D eigenvalue weighted by molar-refractivity contribution is -0.131. The first-order valence-corrected chi connectivity index (χ1v) is 11.6. The number of carboxylic acid groups (broad SMARTS) is 1. The SMILES string of the molecule is CCCCCCCC(=O)N[C@H](CC(N)=O)C(=O)N[C@@H](C)CN(C(=O)O)c1ccc(Br)cc1. The zero-order valence-electron chi connectivity index (χ0n) is 18.6. The van der Waals surface area contributed by atoms with Crippen LogP contribution in [-0.4, -0.2) is 47.5 Å². The molecule has 4 amide bonds. The van der Waals surface area contributed by atoms with Crippen LogP contribution in [0.15, 0.2) is 28.7 Å². The van der Waals surface area contributed by atoms with Crippen molar-refractivity contribution in [1.82, 2.24) is 10.6 Å². The number of nitrogens with zero attached hydrogens (tertiary/aromatic N) is 1. The van der Waals surface area contributed by atoms with E-state index >= 15 is 0 Å². The molecule has 0 aliphatic carbocycles. The van der Waals surface area contributed by atoms with Gasteiger partial charge < -0.3 is 21.5 Å². The highest BCUT2D eigenvalue weighted by Crippen LogP contribution is 2.19. The van der Waals surface area contributed by atoms with Crippen LogP contribution < -0.4 is 21.3 Å². The van der Waals surface area contributed by atoms with E-state index in [0.29, 0.717) is 12.1 Å². The second-order valence-corrected chi connectivity index (χ2v) is 8.65. The van der Waals surface area contributed by atoms with Crippen molar-refractivity contribution < 1.29 is 24.3 Å². The lowest BCUT2D eigenvalue weighted by atomic mass is 10.1. The molecule has 0 aromatic heterocycles. The third-order valence-electron chi connectivity index (χ3n) is 4.78. The van der Waals surface area contributed by atoms with E-state index in [9.17, 15) is 24.3 Å². The van der Waals surface area contributed by atoms with Gasteiger partial charge in [-0.25, -0.2) is 4.79 Å². The molecule has 10 heteroatoms. The minimum absolute atomic E-state index is 0.0165. The lowest BCUT2D eigenvalue weighted by Crippen LogP contribution is -2.53. The topological polar surface area (TPSA) is 142 Å². The third-order valence-corrected chi connectivity index (χ3v) is 5.31. The Morgan fingerprint density at radius 2 is 1.69 bits per heavy atom. The van der Waals surface area contributed by atoms with E-state index in [-0.39, 0.29) is 25.3 Å². The van der Waals surface area contributed by atoms with Crippen LogP contribution in [0, 0.1) is 0 Å². The van der Waals surface area contributed by atoms with Crippen molar-refractivity contribution in [1.29, 1.82) is 0 Å². The zero-order valence-corrected chi connectivity index (χ0v) is 20.2. The summed E-state index contributed by atoms with van der Waals surface area (Å²) in [6, 6.07) is 5.03. The molecule has 0 heterocycles. The zero-order chi connectivity index (χ0) is 24.1. The molecule has 178 valence electrons. The highest BCUT2D eigenvalue weighted by Gasteiger charge is 2.25. The van der Waals surface area contributed by atoms with Gasteiger partial charge in [-0.05, 0) is 37.6 Å². The van der Waals surface area contributed by atoms with Crippen molar-refractivity contribution in [3.05, 3.63) is 28.7 Å². The quantitative estimate of drug-likeness (QED) is 0.283.